The van der Waals surface area contributed by atoms with E-state index in [1.54, 1.807) is 12.0 Å². The highest BCUT2D eigenvalue weighted by molar-refractivity contribution is 5.95. The first kappa shape index (κ1) is 13.7. The van der Waals surface area contributed by atoms with Crippen molar-refractivity contribution in [2.75, 3.05) is 20.2 Å². The maximum absolute atomic E-state index is 13.5. The lowest BCUT2D eigenvalue weighted by molar-refractivity contribution is 0.0350. The van der Waals surface area contributed by atoms with Crippen LogP contribution in [0.1, 0.15) is 33.6 Å². The van der Waals surface area contributed by atoms with Gasteiger partial charge in [-0.1, -0.05) is 0 Å². The van der Waals surface area contributed by atoms with E-state index in [4.69, 9.17) is 4.74 Å². The second-order valence-electron chi connectivity index (χ2n) is 4.58. The van der Waals surface area contributed by atoms with Gasteiger partial charge >= 0.3 is 0 Å². The molecule has 0 spiro atoms. The molecule has 0 unspecified atom stereocenters. The number of methoxy groups -OCH3 is 1. The average Bonchev–Trinajstić information content (AvgIpc) is 2.46. The zero-order chi connectivity index (χ0) is 13.8. The quantitative estimate of drug-likeness (QED) is 0.784. The van der Waals surface area contributed by atoms with Crippen LogP contribution in [0.15, 0.2) is 18.2 Å². The maximum atomic E-state index is 13.5. The van der Waals surface area contributed by atoms with Crippen LogP contribution in [0.25, 0.3) is 0 Å². The van der Waals surface area contributed by atoms with Gasteiger partial charge in [-0.25, -0.2) is 4.39 Å². The van der Waals surface area contributed by atoms with Gasteiger partial charge in [0.15, 0.2) is 6.29 Å². The zero-order valence-electron chi connectivity index (χ0n) is 10.8. The third-order valence-corrected chi connectivity index (χ3v) is 3.44. The molecule has 1 saturated heterocycles. The van der Waals surface area contributed by atoms with Gasteiger partial charge in [-0.3, -0.25) is 9.59 Å². The fourth-order valence-corrected chi connectivity index (χ4v) is 2.23. The predicted molar refractivity (Wildman–Crippen MR) is 67.7 cm³/mol. The number of likely N-dealkylation sites (tertiary alicyclic amines) is 1. The molecule has 1 amide bonds. The number of carbonyl (C=O) groups excluding carboxylic acids is 2. The standard InChI is InChI=1S/C14H16FNO3/c1-19-12-4-6-16(7-5-12)14(18)10-2-3-11(9-17)13(15)8-10/h2-3,8-9,12H,4-7H2,1H3. The second-order valence-corrected chi connectivity index (χ2v) is 4.58. The molecule has 0 aromatic heterocycles. The maximum Gasteiger partial charge on any atom is 0.253 e. The SMILES string of the molecule is COC1CCN(C(=O)c2ccc(C=O)c(F)c2)CC1. The molecule has 0 saturated carbocycles. The van der Waals surface area contributed by atoms with Crippen molar-refractivity contribution < 1.29 is 18.7 Å². The van der Waals surface area contributed by atoms with E-state index in [2.05, 4.69) is 0 Å². The lowest BCUT2D eigenvalue weighted by atomic mass is 10.1. The van der Waals surface area contributed by atoms with Crippen LogP contribution in [0.5, 0.6) is 0 Å². The molecule has 0 bridgehead atoms. The Balaban J connectivity index is 2.08. The molecule has 1 aromatic carbocycles. The molecular formula is C14H16FNO3. The Morgan fingerprint density at radius 2 is 2.11 bits per heavy atom. The van der Waals surface area contributed by atoms with E-state index in [0.29, 0.717) is 19.4 Å². The van der Waals surface area contributed by atoms with E-state index < -0.39 is 5.82 Å². The minimum atomic E-state index is -0.660. The fraction of sp³-hybridized carbons (Fsp3) is 0.429. The molecular weight excluding hydrogens is 249 g/mol. The summed E-state index contributed by atoms with van der Waals surface area (Å²) in [5, 5.41) is 0. The number of rotatable bonds is 3. The molecule has 0 N–H and O–H groups in total. The summed E-state index contributed by atoms with van der Waals surface area (Å²) < 4.78 is 18.7. The van der Waals surface area contributed by atoms with Crippen molar-refractivity contribution in [3.05, 3.63) is 35.1 Å². The van der Waals surface area contributed by atoms with Crippen molar-refractivity contribution in [1.29, 1.82) is 0 Å². The van der Waals surface area contributed by atoms with Crippen molar-refractivity contribution in [1.82, 2.24) is 4.90 Å². The van der Waals surface area contributed by atoms with Crippen molar-refractivity contribution in [3.8, 4) is 0 Å². The summed E-state index contributed by atoms with van der Waals surface area (Å²) in [6.07, 6.45) is 2.21. The Bertz CT molecular complexity index is 482. The minimum Gasteiger partial charge on any atom is -0.381 e. The summed E-state index contributed by atoms with van der Waals surface area (Å²) in [5.74, 6) is -0.862. The average molecular weight is 265 g/mol. The molecule has 0 atom stereocenters. The van der Waals surface area contributed by atoms with E-state index in [9.17, 15) is 14.0 Å². The number of carbonyl (C=O) groups is 2. The highest BCUT2D eigenvalue weighted by Gasteiger charge is 2.23. The topological polar surface area (TPSA) is 46.6 Å². The molecule has 19 heavy (non-hydrogen) atoms. The Morgan fingerprint density at radius 1 is 1.42 bits per heavy atom. The first-order chi connectivity index (χ1) is 9.15. The summed E-state index contributed by atoms with van der Waals surface area (Å²) in [6.45, 7) is 1.21. The molecule has 1 heterocycles. The number of hydrogen-bond donors (Lipinski definition) is 0. The smallest absolute Gasteiger partial charge is 0.253 e. The van der Waals surface area contributed by atoms with Crippen LogP contribution in [0, 0.1) is 5.82 Å². The number of piperidine rings is 1. The molecule has 1 aromatic rings. The third-order valence-electron chi connectivity index (χ3n) is 3.44. The van der Waals surface area contributed by atoms with Gasteiger partial charge in [0.1, 0.15) is 5.82 Å². The van der Waals surface area contributed by atoms with Gasteiger partial charge in [-0.2, -0.15) is 0 Å². The van der Waals surface area contributed by atoms with Gasteiger partial charge < -0.3 is 9.64 Å². The Morgan fingerprint density at radius 3 is 2.63 bits per heavy atom. The van der Waals surface area contributed by atoms with E-state index in [1.807, 2.05) is 0 Å². The lowest BCUT2D eigenvalue weighted by Gasteiger charge is -2.31. The van der Waals surface area contributed by atoms with Crippen molar-refractivity contribution in [2.45, 2.75) is 18.9 Å². The van der Waals surface area contributed by atoms with Crippen LogP contribution < -0.4 is 0 Å². The summed E-state index contributed by atoms with van der Waals surface area (Å²) in [4.78, 5) is 24.4. The van der Waals surface area contributed by atoms with E-state index in [0.717, 1.165) is 18.9 Å². The summed E-state index contributed by atoms with van der Waals surface area (Å²) in [5.41, 5.74) is 0.244. The van der Waals surface area contributed by atoms with Crippen molar-refractivity contribution in [2.24, 2.45) is 0 Å². The molecule has 0 radical (unpaired) electrons. The van der Waals surface area contributed by atoms with Crippen LogP contribution in [0.4, 0.5) is 4.39 Å². The number of amides is 1. The first-order valence-electron chi connectivity index (χ1n) is 6.22. The monoisotopic (exact) mass is 265 g/mol. The van der Waals surface area contributed by atoms with Crippen LogP contribution >= 0.6 is 0 Å². The molecule has 5 heteroatoms. The predicted octanol–water partition coefficient (Wildman–Crippen LogP) is 1.89. The van der Waals surface area contributed by atoms with Crippen LogP contribution in [0.2, 0.25) is 0 Å². The van der Waals surface area contributed by atoms with Crippen LogP contribution in [-0.2, 0) is 4.74 Å². The first-order valence-corrected chi connectivity index (χ1v) is 6.22. The number of nitrogens with zero attached hydrogens (tertiary/aromatic N) is 1. The highest BCUT2D eigenvalue weighted by Crippen LogP contribution is 2.17. The van der Waals surface area contributed by atoms with E-state index in [1.165, 1.54) is 12.1 Å². The van der Waals surface area contributed by atoms with Gasteiger partial charge in [0.25, 0.3) is 5.91 Å². The molecule has 1 aliphatic rings. The lowest BCUT2D eigenvalue weighted by Crippen LogP contribution is -2.40. The van der Waals surface area contributed by atoms with Gasteiger partial charge in [0.2, 0.25) is 0 Å². The summed E-state index contributed by atoms with van der Waals surface area (Å²) in [7, 11) is 1.66. The van der Waals surface area contributed by atoms with Gasteiger partial charge in [-0.15, -0.1) is 0 Å². The fourth-order valence-electron chi connectivity index (χ4n) is 2.23. The zero-order valence-corrected chi connectivity index (χ0v) is 10.8. The highest BCUT2D eigenvalue weighted by atomic mass is 19.1. The van der Waals surface area contributed by atoms with E-state index in [-0.39, 0.29) is 23.1 Å². The van der Waals surface area contributed by atoms with Crippen LogP contribution in [-0.4, -0.2) is 43.4 Å². The van der Waals surface area contributed by atoms with E-state index >= 15 is 0 Å². The number of benzene rings is 1. The van der Waals surface area contributed by atoms with Gasteiger partial charge in [0.05, 0.1) is 11.7 Å². The summed E-state index contributed by atoms with van der Waals surface area (Å²) >= 11 is 0. The van der Waals surface area contributed by atoms with Crippen molar-refractivity contribution in [3.63, 3.8) is 0 Å². The number of ether oxygens (including phenoxy) is 1. The number of hydrogen-bond acceptors (Lipinski definition) is 3. The third kappa shape index (κ3) is 2.98. The number of aldehydes is 1. The number of halogens is 1. The molecule has 1 fully saturated rings. The summed E-state index contributed by atoms with van der Waals surface area (Å²) in [6, 6.07) is 3.93. The molecule has 2 rings (SSSR count). The molecule has 4 nitrogen and oxygen atoms in total. The van der Waals surface area contributed by atoms with Gasteiger partial charge in [0, 0.05) is 25.8 Å². The second kappa shape index (κ2) is 5.93. The molecule has 1 aliphatic heterocycles. The Hall–Kier alpha value is -1.75. The largest absolute Gasteiger partial charge is 0.381 e. The van der Waals surface area contributed by atoms with Crippen molar-refractivity contribution >= 4 is 12.2 Å². The van der Waals surface area contributed by atoms with Gasteiger partial charge in [-0.05, 0) is 31.0 Å². The van der Waals surface area contributed by atoms with Crippen LogP contribution in [0.3, 0.4) is 0 Å². The normalized spacial score (nSPS) is 16.4. The Kier molecular flexibility index (Phi) is 4.27. The minimum absolute atomic E-state index is 0.0327. The molecule has 0 aliphatic carbocycles. The molecule has 102 valence electrons. The Labute approximate surface area is 111 Å².